The van der Waals surface area contributed by atoms with Gasteiger partial charge in [-0.1, -0.05) is 6.08 Å². The van der Waals surface area contributed by atoms with Gasteiger partial charge in [-0.25, -0.2) is 13.1 Å². The minimum Gasteiger partial charge on any atom is -0.337 e. The molecular formula is C15H22ClN3O3S. The average molecular weight is 360 g/mol. The van der Waals surface area contributed by atoms with E-state index in [1.807, 2.05) is 0 Å². The van der Waals surface area contributed by atoms with Gasteiger partial charge in [-0.15, -0.1) is 19.0 Å². The molecule has 0 aliphatic carbocycles. The molecule has 1 fully saturated rings. The van der Waals surface area contributed by atoms with Crippen LogP contribution < -0.4 is 10.5 Å². The molecule has 1 aromatic rings. The van der Waals surface area contributed by atoms with E-state index in [2.05, 4.69) is 11.3 Å². The Morgan fingerprint density at radius 2 is 2.04 bits per heavy atom. The number of benzene rings is 1. The van der Waals surface area contributed by atoms with Gasteiger partial charge in [-0.2, -0.15) is 0 Å². The molecule has 1 aromatic carbocycles. The van der Waals surface area contributed by atoms with Crippen molar-refractivity contribution in [2.75, 3.05) is 19.6 Å². The molecule has 8 heteroatoms. The number of amides is 1. The molecule has 128 valence electrons. The monoisotopic (exact) mass is 359 g/mol. The Labute approximate surface area is 143 Å². The topological polar surface area (TPSA) is 92.5 Å². The smallest absolute Gasteiger partial charge is 0.253 e. The number of likely N-dealkylation sites (tertiary alicyclic amines) is 1. The van der Waals surface area contributed by atoms with E-state index < -0.39 is 10.0 Å². The summed E-state index contributed by atoms with van der Waals surface area (Å²) >= 11 is 0. The van der Waals surface area contributed by atoms with Crippen molar-refractivity contribution in [1.82, 2.24) is 9.62 Å². The number of hydrogen-bond donors (Lipinski definition) is 2. The van der Waals surface area contributed by atoms with Crippen molar-refractivity contribution in [2.24, 2.45) is 5.73 Å². The van der Waals surface area contributed by atoms with Gasteiger partial charge in [0.15, 0.2) is 0 Å². The Balaban J connectivity index is 0.00000264. The lowest BCUT2D eigenvalue weighted by Crippen LogP contribution is -2.45. The van der Waals surface area contributed by atoms with Crippen molar-refractivity contribution < 1.29 is 13.2 Å². The van der Waals surface area contributed by atoms with Gasteiger partial charge in [0.25, 0.3) is 5.91 Å². The first kappa shape index (κ1) is 19.6. The Hall–Kier alpha value is -1.41. The number of hydrogen-bond acceptors (Lipinski definition) is 4. The number of halogens is 1. The Morgan fingerprint density at radius 1 is 1.39 bits per heavy atom. The summed E-state index contributed by atoms with van der Waals surface area (Å²) < 4.78 is 26.3. The predicted molar refractivity (Wildman–Crippen MR) is 92.2 cm³/mol. The number of nitrogens with one attached hydrogen (secondary N) is 1. The van der Waals surface area contributed by atoms with Crippen LogP contribution in [-0.2, 0) is 10.0 Å². The molecule has 6 nitrogen and oxygen atoms in total. The zero-order valence-corrected chi connectivity index (χ0v) is 14.4. The van der Waals surface area contributed by atoms with Crippen LogP contribution in [0.2, 0.25) is 0 Å². The lowest BCUT2D eigenvalue weighted by molar-refractivity contribution is 0.0708. The minimum atomic E-state index is -3.56. The summed E-state index contributed by atoms with van der Waals surface area (Å²) in [6, 6.07) is 5.95. The first-order valence-corrected chi connectivity index (χ1v) is 8.68. The van der Waals surface area contributed by atoms with Crippen molar-refractivity contribution in [3.63, 3.8) is 0 Å². The van der Waals surface area contributed by atoms with E-state index in [1.165, 1.54) is 30.3 Å². The van der Waals surface area contributed by atoms with E-state index in [0.29, 0.717) is 18.7 Å². The van der Waals surface area contributed by atoms with Crippen molar-refractivity contribution in [3.05, 3.63) is 42.5 Å². The number of sulfonamides is 1. The summed E-state index contributed by atoms with van der Waals surface area (Å²) in [6.45, 7) is 4.86. The molecule has 3 N–H and O–H groups in total. The molecule has 0 aromatic heterocycles. The van der Waals surface area contributed by atoms with E-state index >= 15 is 0 Å². The van der Waals surface area contributed by atoms with Crippen molar-refractivity contribution in [1.29, 1.82) is 0 Å². The van der Waals surface area contributed by atoms with Gasteiger partial charge in [0.1, 0.15) is 0 Å². The number of carbonyl (C=O) groups excluding carboxylic acids is 1. The quantitative estimate of drug-likeness (QED) is 0.771. The fraction of sp³-hybridized carbons (Fsp3) is 0.400. The molecule has 0 bridgehead atoms. The van der Waals surface area contributed by atoms with E-state index in [9.17, 15) is 13.2 Å². The molecule has 1 aliphatic rings. The lowest BCUT2D eigenvalue weighted by Gasteiger charge is -2.30. The highest BCUT2D eigenvalue weighted by Gasteiger charge is 2.22. The maximum absolute atomic E-state index is 12.4. The molecule has 2 rings (SSSR count). The van der Waals surface area contributed by atoms with Gasteiger partial charge in [-0.05, 0) is 37.1 Å². The van der Waals surface area contributed by atoms with E-state index in [4.69, 9.17) is 5.73 Å². The molecule has 0 saturated carbocycles. The van der Waals surface area contributed by atoms with Crippen molar-refractivity contribution >= 4 is 28.3 Å². The highest BCUT2D eigenvalue weighted by Crippen LogP contribution is 2.15. The third kappa shape index (κ3) is 5.04. The van der Waals surface area contributed by atoms with Gasteiger partial charge in [0.2, 0.25) is 10.0 Å². The lowest BCUT2D eigenvalue weighted by atomic mass is 10.1. The fourth-order valence-corrected chi connectivity index (χ4v) is 3.40. The third-order valence-electron chi connectivity index (χ3n) is 3.57. The summed E-state index contributed by atoms with van der Waals surface area (Å²) in [5, 5.41) is 0. The largest absolute Gasteiger partial charge is 0.337 e. The molecule has 0 spiro atoms. The van der Waals surface area contributed by atoms with Gasteiger partial charge in [0, 0.05) is 31.2 Å². The van der Waals surface area contributed by atoms with E-state index in [-0.39, 0.29) is 35.8 Å². The fourth-order valence-electron chi connectivity index (χ4n) is 2.41. The average Bonchev–Trinajstić information content (AvgIpc) is 2.52. The minimum absolute atomic E-state index is 0. The van der Waals surface area contributed by atoms with Crippen molar-refractivity contribution in [2.45, 2.75) is 23.8 Å². The number of carbonyl (C=O) groups is 1. The number of nitrogens with zero attached hydrogens (tertiary/aromatic N) is 1. The predicted octanol–water partition coefficient (Wildman–Crippen LogP) is 1.14. The van der Waals surface area contributed by atoms with Crippen LogP contribution in [0.4, 0.5) is 0 Å². The summed E-state index contributed by atoms with van der Waals surface area (Å²) in [4.78, 5) is 14.2. The van der Waals surface area contributed by atoms with Crippen LogP contribution in [-0.4, -0.2) is 44.9 Å². The van der Waals surface area contributed by atoms with Gasteiger partial charge in [0.05, 0.1) is 4.90 Å². The Bertz CT molecular complexity index is 646. The van der Waals surface area contributed by atoms with Crippen LogP contribution in [0.25, 0.3) is 0 Å². The SMILES string of the molecule is C=CCNS(=O)(=O)c1ccc(C(=O)N2CCCC(N)C2)cc1.Cl. The number of rotatable bonds is 5. The Kier molecular flexibility index (Phi) is 7.21. The second kappa shape index (κ2) is 8.44. The summed E-state index contributed by atoms with van der Waals surface area (Å²) in [7, 11) is -3.56. The highest BCUT2D eigenvalue weighted by atomic mass is 35.5. The molecule has 1 aliphatic heterocycles. The maximum Gasteiger partial charge on any atom is 0.253 e. The number of piperidine rings is 1. The second-order valence-corrected chi connectivity index (χ2v) is 7.09. The van der Waals surface area contributed by atoms with Crippen LogP contribution in [0.15, 0.2) is 41.8 Å². The first-order chi connectivity index (χ1) is 10.4. The molecule has 1 saturated heterocycles. The Morgan fingerprint density at radius 3 is 2.61 bits per heavy atom. The molecule has 1 amide bonds. The highest BCUT2D eigenvalue weighted by molar-refractivity contribution is 7.89. The summed E-state index contributed by atoms with van der Waals surface area (Å²) in [5.41, 5.74) is 6.35. The van der Waals surface area contributed by atoms with Crippen LogP contribution in [0.1, 0.15) is 23.2 Å². The maximum atomic E-state index is 12.4. The number of nitrogens with two attached hydrogens (primary N) is 1. The molecule has 1 heterocycles. The van der Waals surface area contributed by atoms with Crippen LogP contribution in [0.5, 0.6) is 0 Å². The molecule has 23 heavy (non-hydrogen) atoms. The second-order valence-electron chi connectivity index (χ2n) is 5.32. The molecule has 0 radical (unpaired) electrons. The summed E-state index contributed by atoms with van der Waals surface area (Å²) in [6.07, 6.45) is 3.29. The molecule has 1 unspecified atom stereocenters. The third-order valence-corrected chi connectivity index (χ3v) is 5.01. The zero-order valence-electron chi connectivity index (χ0n) is 12.8. The van der Waals surface area contributed by atoms with E-state index in [1.54, 1.807) is 4.90 Å². The normalized spacial score (nSPS) is 18.1. The zero-order chi connectivity index (χ0) is 16.2. The molecule has 1 atom stereocenters. The standard InChI is InChI=1S/C15H21N3O3S.ClH/c1-2-9-17-22(20,21)14-7-5-12(6-8-14)15(19)18-10-3-4-13(16)11-18;/h2,5-8,13,17H,1,3-4,9-11,16H2;1H. The molecular weight excluding hydrogens is 338 g/mol. The van der Waals surface area contributed by atoms with Crippen LogP contribution in [0, 0.1) is 0 Å². The van der Waals surface area contributed by atoms with Crippen LogP contribution >= 0.6 is 12.4 Å². The van der Waals surface area contributed by atoms with Crippen molar-refractivity contribution in [3.8, 4) is 0 Å². The van der Waals surface area contributed by atoms with Gasteiger partial charge < -0.3 is 10.6 Å². The first-order valence-electron chi connectivity index (χ1n) is 7.19. The summed E-state index contributed by atoms with van der Waals surface area (Å²) in [5.74, 6) is -0.113. The van der Waals surface area contributed by atoms with Crippen LogP contribution in [0.3, 0.4) is 0 Å². The van der Waals surface area contributed by atoms with E-state index in [0.717, 1.165) is 12.8 Å². The van der Waals surface area contributed by atoms with Gasteiger partial charge >= 0.3 is 0 Å². The van der Waals surface area contributed by atoms with Gasteiger partial charge in [-0.3, -0.25) is 4.79 Å².